The third-order valence-corrected chi connectivity index (χ3v) is 2.56. The Morgan fingerprint density at radius 1 is 1.25 bits per heavy atom. The molecule has 5 heteroatoms. The Kier molecular flexibility index (Phi) is 3.27. The lowest BCUT2D eigenvalue weighted by atomic mass is 10.1. The quantitative estimate of drug-likeness (QED) is 0.838. The van der Waals surface area contributed by atoms with E-state index in [1.165, 1.54) is 6.07 Å². The van der Waals surface area contributed by atoms with Gasteiger partial charge in [-0.2, -0.15) is 0 Å². The Hall–Kier alpha value is -1.32. The average molecular weight is 255 g/mol. The molecular formula is C11H8Cl2N2O. The maximum Gasteiger partial charge on any atom is 0.251 e. The van der Waals surface area contributed by atoms with Gasteiger partial charge in [-0.25, -0.2) is 4.98 Å². The number of benzene rings is 1. The van der Waals surface area contributed by atoms with Crippen molar-refractivity contribution < 1.29 is 0 Å². The molecule has 0 radical (unpaired) electrons. The summed E-state index contributed by atoms with van der Waals surface area (Å²) in [5.74, 6) is 0.635. The van der Waals surface area contributed by atoms with Gasteiger partial charge >= 0.3 is 0 Å². The molecule has 0 fully saturated rings. The monoisotopic (exact) mass is 254 g/mol. The van der Waals surface area contributed by atoms with Gasteiger partial charge in [0.1, 0.15) is 5.82 Å². The van der Waals surface area contributed by atoms with Crippen LogP contribution in [0.25, 0.3) is 11.3 Å². The Balaban J connectivity index is 2.51. The Bertz CT molecular complexity index is 549. The fraction of sp³-hybridized carbons (Fsp3) is 0.0909. The molecule has 0 bridgehead atoms. The molecule has 82 valence electrons. The second-order valence-corrected chi connectivity index (χ2v) is 3.92. The normalized spacial score (nSPS) is 10.4. The highest BCUT2D eigenvalue weighted by Crippen LogP contribution is 2.18. The zero-order chi connectivity index (χ0) is 11.5. The van der Waals surface area contributed by atoms with E-state index in [4.69, 9.17) is 23.2 Å². The summed E-state index contributed by atoms with van der Waals surface area (Å²) < 4.78 is 0. The summed E-state index contributed by atoms with van der Waals surface area (Å²) in [6, 6.07) is 8.55. The summed E-state index contributed by atoms with van der Waals surface area (Å²) in [7, 11) is 0. The van der Waals surface area contributed by atoms with Gasteiger partial charge < -0.3 is 4.98 Å². The molecule has 2 aromatic rings. The van der Waals surface area contributed by atoms with Crippen LogP contribution in [0.15, 0.2) is 35.1 Å². The van der Waals surface area contributed by atoms with Crippen molar-refractivity contribution in [2.24, 2.45) is 0 Å². The molecule has 0 atom stereocenters. The van der Waals surface area contributed by atoms with E-state index in [-0.39, 0.29) is 11.4 Å². The summed E-state index contributed by atoms with van der Waals surface area (Å²) in [4.78, 5) is 18.1. The number of aromatic nitrogens is 2. The van der Waals surface area contributed by atoms with Gasteiger partial charge in [0.25, 0.3) is 5.56 Å². The second kappa shape index (κ2) is 4.68. The van der Waals surface area contributed by atoms with Gasteiger partial charge in [0.15, 0.2) is 0 Å². The first-order valence-corrected chi connectivity index (χ1v) is 5.52. The van der Waals surface area contributed by atoms with Crippen LogP contribution in [0.3, 0.4) is 0 Å². The molecule has 0 saturated heterocycles. The molecule has 1 N–H and O–H groups in total. The standard InChI is InChI=1S/C11H8Cl2N2O/c12-6-10-14-9(5-11(16)15-10)7-1-3-8(13)4-2-7/h1-5H,6H2,(H,14,15,16). The fourth-order valence-electron chi connectivity index (χ4n) is 1.34. The number of nitrogens with one attached hydrogen (secondary N) is 1. The molecule has 3 nitrogen and oxygen atoms in total. The summed E-state index contributed by atoms with van der Waals surface area (Å²) in [5, 5.41) is 0.645. The molecule has 0 saturated carbocycles. The van der Waals surface area contributed by atoms with E-state index in [1.54, 1.807) is 12.1 Å². The molecule has 16 heavy (non-hydrogen) atoms. The smallest absolute Gasteiger partial charge is 0.251 e. The van der Waals surface area contributed by atoms with Crippen LogP contribution in [0, 0.1) is 0 Å². The van der Waals surface area contributed by atoms with Crippen molar-refractivity contribution in [1.29, 1.82) is 0 Å². The van der Waals surface area contributed by atoms with E-state index in [0.29, 0.717) is 16.5 Å². The summed E-state index contributed by atoms with van der Waals surface area (Å²) in [5.41, 5.74) is 1.22. The van der Waals surface area contributed by atoms with Crippen molar-refractivity contribution in [1.82, 2.24) is 9.97 Å². The molecular weight excluding hydrogens is 247 g/mol. The van der Waals surface area contributed by atoms with Gasteiger partial charge in [0.05, 0.1) is 11.6 Å². The number of aromatic amines is 1. The predicted octanol–water partition coefficient (Wildman–Crippen LogP) is 2.83. The molecule has 2 rings (SSSR count). The maximum absolute atomic E-state index is 11.3. The second-order valence-electron chi connectivity index (χ2n) is 3.22. The first-order chi connectivity index (χ1) is 7.69. The highest BCUT2D eigenvalue weighted by Gasteiger charge is 2.03. The summed E-state index contributed by atoms with van der Waals surface area (Å²) in [6.45, 7) is 0. The Morgan fingerprint density at radius 2 is 1.94 bits per heavy atom. The van der Waals surface area contributed by atoms with Gasteiger partial charge in [-0.1, -0.05) is 23.7 Å². The lowest BCUT2D eigenvalue weighted by Crippen LogP contribution is -2.09. The lowest BCUT2D eigenvalue weighted by Gasteiger charge is -2.02. The van der Waals surface area contributed by atoms with E-state index >= 15 is 0 Å². The van der Waals surface area contributed by atoms with Crippen LogP contribution < -0.4 is 5.56 Å². The van der Waals surface area contributed by atoms with E-state index in [2.05, 4.69) is 9.97 Å². The van der Waals surface area contributed by atoms with Crippen LogP contribution in [0.1, 0.15) is 5.82 Å². The first kappa shape index (κ1) is 11.2. The highest BCUT2D eigenvalue weighted by atomic mass is 35.5. The minimum atomic E-state index is -0.212. The van der Waals surface area contributed by atoms with E-state index in [9.17, 15) is 4.79 Å². The predicted molar refractivity (Wildman–Crippen MR) is 64.9 cm³/mol. The summed E-state index contributed by atoms with van der Waals surface area (Å²) >= 11 is 11.4. The molecule has 0 aliphatic rings. The fourth-order valence-corrected chi connectivity index (χ4v) is 1.59. The van der Waals surface area contributed by atoms with Crippen LogP contribution in [0.4, 0.5) is 0 Å². The lowest BCUT2D eigenvalue weighted by molar-refractivity contribution is 1.00. The molecule has 0 aliphatic heterocycles. The van der Waals surface area contributed by atoms with Crippen LogP contribution in [0.2, 0.25) is 5.02 Å². The van der Waals surface area contributed by atoms with Crippen LogP contribution >= 0.6 is 23.2 Å². The minimum Gasteiger partial charge on any atom is -0.310 e. The third kappa shape index (κ3) is 2.43. The van der Waals surface area contributed by atoms with E-state index in [1.807, 2.05) is 12.1 Å². The number of nitrogens with zero attached hydrogens (tertiary/aromatic N) is 1. The molecule has 1 heterocycles. The summed E-state index contributed by atoms with van der Waals surface area (Å²) in [6.07, 6.45) is 0. The van der Waals surface area contributed by atoms with E-state index in [0.717, 1.165) is 5.56 Å². The molecule has 0 unspecified atom stereocenters. The molecule has 1 aromatic heterocycles. The molecule has 1 aromatic carbocycles. The van der Waals surface area contributed by atoms with Gasteiger partial charge in [-0.3, -0.25) is 4.79 Å². The number of alkyl halides is 1. The zero-order valence-electron chi connectivity index (χ0n) is 8.21. The van der Waals surface area contributed by atoms with Gasteiger partial charge in [-0.05, 0) is 12.1 Å². The zero-order valence-corrected chi connectivity index (χ0v) is 9.72. The highest BCUT2D eigenvalue weighted by molar-refractivity contribution is 6.30. The Morgan fingerprint density at radius 3 is 2.56 bits per heavy atom. The average Bonchev–Trinajstić information content (AvgIpc) is 2.29. The number of hydrogen-bond donors (Lipinski definition) is 1. The molecule has 0 aliphatic carbocycles. The van der Waals surface area contributed by atoms with Gasteiger partial charge in [-0.15, -0.1) is 11.6 Å². The first-order valence-electron chi connectivity index (χ1n) is 4.61. The molecule has 0 amide bonds. The number of hydrogen-bond acceptors (Lipinski definition) is 2. The topological polar surface area (TPSA) is 45.8 Å². The van der Waals surface area contributed by atoms with E-state index < -0.39 is 0 Å². The van der Waals surface area contributed by atoms with Crippen LogP contribution in [0.5, 0.6) is 0 Å². The molecule has 0 spiro atoms. The van der Waals surface area contributed by atoms with Crippen molar-refractivity contribution in [3.63, 3.8) is 0 Å². The largest absolute Gasteiger partial charge is 0.310 e. The van der Waals surface area contributed by atoms with Gasteiger partial charge in [0, 0.05) is 16.7 Å². The SMILES string of the molecule is O=c1cc(-c2ccc(Cl)cc2)nc(CCl)[nH]1. The van der Waals surface area contributed by atoms with Crippen molar-refractivity contribution >= 4 is 23.2 Å². The number of H-pyrrole nitrogens is 1. The number of rotatable bonds is 2. The van der Waals surface area contributed by atoms with Crippen molar-refractivity contribution in [3.8, 4) is 11.3 Å². The van der Waals surface area contributed by atoms with Crippen molar-refractivity contribution in [3.05, 3.63) is 51.5 Å². The van der Waals surface area contributed by atoms with Crippen molar-refractivity contribution in [2.75, 3.05) is 0 Å². The third-order valence-electron chi connectivity index (χ3n) is 2.06. The van der Waals surface area contributed by atoms with Crippen LogP contribution in [-0.4, -0.2) is 9.97 Å². The van der Waals surface area contributed by atoms with Gasteiger partial charge in [0.2, 0.25) is 0 Å². The maximum atomic E-state index is 11.3. The minimum absolute atomic E-state index is 0.177. The number of halogens is 2. The Labute approximate surface area is 102 Å². The van der Waals surface area contributed by atoms with Crippen molar-refractivity contribution in [2.45, 2.75) is 5.88 Å². The van der Waals surface area contributed by atoms with Crippen LogP contribution in [-0.2, 0) is 5.88 Å².